The van der Waals surface area contributed by atoms with Gasteiger partial charge in [-0.3, -0.25) is 14.9 Å². The van der Waals surface area contributed by atoms with Gasteiger partial charge in [-0.15, -0.1) is 12.4 Å². The van der Waals surface area contributed by atoms with Crippen LogP contribution in [0.4, 0.5) is 10.1 Å². The highest BCUT2D eigenvalue weighted by atomic mass is 35.5. The van der Waals surface area contributed by atoms with E-state index in [2.05, 4.69) is 5.32 Å². The van der Waals surface area contributed by atoms with E-state index in [1.807, 2.05) is 0 Å². The van der Waals surface area contributed by atoms with Gasteiger partial charge in [0.25, 0.3) is 11.6 Å². The number of carbonyl (C=O) groups excluding carboxylic acids is 1. The Bertz CT molecular complexity index is 659. The van der Waals surface area contributed by atoms with Crippen molar-refractivity contribution in [3.8, 4) is 0 Å². The van der Waals surface area contributed by atoms with E-state index in [1.54, 1.807) is 4.90 Å². The molecule has 1 aliphatic carbocycles. The lowest BCUT2D eigenvalue weighted by Gasteiger charge is -2.32. The molecule has 0 atom stereocenters. The maximum Gasteiger partial charge on any atom is 0.285 e. The summed E-state index contributed by atoms with van der Waals surface area (Å²) in [5.41, 5.74) is -0.276. The van der Waals surface area contributed by atoms with Gasteiger partial charge in [-0.25, -0.2) is 4.39 Å². The van der Waals surface area contributed by atoms with Crippen LogP contribution in [0.3, 0.4) is 0 Å². The molecule has 8 heteroatoms. The van der Waals surface area contributed by atoms with Crippen molar-refractivity contribution in [1.29, 1.82) is 0 Å². The molecule has 2 fully saturated rings. The van der Waals surface area contributed by atoms with Gasteiger partial charge < -0.3 is 10.2 Å². The molecule has 138 valence electrons. The molecule has 1 aliphatic heterocycles. The Hall–Kier alpha value is -1.73. The van der Waals surface area contributed by atoms with Crippen LogP contribution in [0, 0.1) is 28.8 Å². The second-order valence-corrected chi connectivity index (χ2v) is 6.79. The number of nitro benzene ring substituents is 1. The number of aryl methyl sites for hydroxylation is 1. The zero-order chi connectivity index (χ0) is 17.3. The maximum atomic E-state index is 13.6. The Labute approximate surface area is 152 Å². The molecule has 0 radical (unpaired) electrons. The van der Waals surface area contributed by atoms with Crippen LogP contribution in [0.1, 0.15) is 41.6 Å². The van der Waals surface area contributed by atoms with Crippen molar-refractivity contribution in [3.05, 3.63) is 39.2 Å². The van der Waals surface area contributed by atoms with Crippen molar-refractivity contribution in [2.24, 2.45) is 5.92 Å². The number of amides is 1. The zero-order valence-electron chi connectivity index (χ0n) is 14.2. The molecule has 1 N–H and O–H groups in total. The molecule has 0 bridgehead atoms. The molecule has 3 rings (SSSR count). The Morgan fingerprint density at radius 3 is 2.52 bits per heavy atom. The smallest absolute Gasteiger partial charge is 0.285 e. The van der Waals surface area contributed by atoms with Crippen LogP contribution < -0.4 is 5.32 Å². The molecule has 1 amide bonds. The summed E-state index contributed by atoms with van der Waals surface area (Å²) >= 11 is 0. The Kier molecular flexibility index (Phi) is 6.35. The molecule has 0 spiro atoms. The number of likely N-dealkylation sites (tertiary alicyclic amines) is 1. The van der Waals surface area contributed by atoms with E-state index in [0.29, 0.717) is 19.1 Å². The van der Waals surface area contributed by atoms with Gasteiger partial charge in [0.2, 0.25) is 0 Å². The fourth-order valence-corrected chi connectivity index (χ4v) is 3.25. The van der Waals surface area contributed by atoms with Gasteiger partial charge >= 0.3 is 0 Å². The molecule has 1 heterocycles. The van der Waals surface area contributed by atoms with Gasteiger partial charge in [0.1, 0.15) is 11.4 Å². The summed E-state index contributed by atoms with van der Waals surface area (Å²) in [7, 11) is 0. The number of nitrogens with zero attached hydrogens (tertiary/aromatic N) is 2. The van der Waals surface area contributed by atoms with Crippen LogP contribution in [-0.2, 0) is 0 Å². The summed E-state index contributed by atoms with van der Waals surface area (Å²) in [4.78, 5) is 24.9. The molecule has 2 aliphatic rings. The fraction of sp³-hybridized carbons (Fsp3) is 0.588. The maximum absolute atomic E-state index is 13.6. The number of carbonyl (C=O) groups is 1. The number of halogens is 2. The molecule has 1 saturated carbocycles. The van der Waals surface area contributed by atoms with Gasteiger partial charge in [-0.1, -0.05) is 0 Å². The van der Waals surface area contributed by atoms with Crippen LogP contribution >= 0.6 is 12.4 Å². The van der Waals surface area contributed by atoms with E-state index in [9.17, 15) is 19.3 Å². The number of hydrogen-bond donors (Lipinski definition) is 1. The average Bonchev–Trinajstić information content (AvgIpc) is 3.36. The van der Waals surface area contributed by atoms with Crippen molar-refractivity contribution in [2.45, 2.75) is 38.6 Å². The summed E-state index contributed by atoms with van der Waals surface area (Å²) in [5, 5.41) is 14.8. The minimum atomic E-state index is -0.623. The lowest BCUT2D eigenvalue weighted by Crippen LogP contribution is -2.45. The fourth-order valence-electron chi connectivity index (χ4n) is 3.25. The van der Waals surface area contributed by atoms with Gasteiger partial charge in [0, 0.05) is 24.7 Å². The molecule has 1 saturated heterocycles. The molecule has 0 aromatic heterocycles. The van der Waals surface area contributed by atoms with E-state index in [4.69, 9.17) is 0 Å². The normalized spacial score (nSPS) is 17.9. The van der Waals surface area contributed by atoms with Crippen molar-refractivity contribution >= 4 is 24.0 Å². The average molecular weight is 372 g/mol. The molecule has 1 aromatic carbocycles. The first-order chi connectivity index (χ1) is 11.5. The van der Waals surface area contributed by atoms with Crippen LogP contribution in [0.5, 0.6) is 0 Å². The predicted octanol–water partition coefficient (Wildman–Crippen LogP) is 3.07. The Balaban J connectivity index is 0.00000225. The first kappa shape index (κ1) is 19.6. The van der Waals surface area contributed by atoms with Gasteiger partial charge in [-0.2, -0.15) is 0 Å². The van der Waals surface area contributed by atoms with Gasteiger partial charge in [-0.05, 0) is 57.2 Å². The van der Waals surface area contributed by atoms with E-state index in [-0.39, 0.29) is 29.2 Å². The van der Waals surface area contributed by atoms with Crippen LogP contribution in [0.2, 0.25) is 0 Å². The van der Waals surface area contributed by atoms with Crippen molar-refractivity contribution in [2.75, 3.05) is 19.6 Å². The molecule has 6 nitrogen and oxygen atoms in total. The van der Waals surface area contributed by atoms with E-state index >= 15 is 0 Å². The number of rotatable bonds is 5. The van der Waals surface area contributed by atoms with Gasteiger partial charge in [0.05, 0.1) is 4.92 Å². The summed E-state index contributed by atoms with van der Waals surface area (Å²) in [5.74, 6) is -0.269. The number of benzene rings is 1. The highest BCUT2D eigenvalue weighted by molar-refractivity contribution is 5.98. The third-order valence-electron chi connectivity index (χ3n) is 4.85. The van der Waals surface area contributed by atoms with Crippen molar-refractivity contribution in [3.63, 3.8) is 0 Å². The van der Waals surface area contributed by atoms with Crippen LogP contribution in [0.15, 0.2) is 12.1 Å². The van der Waals surface area contributed by atoms with Crippen LogP contribution in [0.25, 0.3) is 0 Å². The Morgan fingerprint density at radius 2 is 1.96 bits per heavy atom. The number of nitrogens with one attached hydrogen (secondary N) is 1. The largest absolute Gasteiger partial charge is 0.338 e. The van der Waals surface area contributed by atoms with E-state index < -0.39 is 16.6 Å². The molecular formula is C17H23ClFN3O3. The first-order valence-electron chi connectivity index (χ1n) is 8.43. The van der Waals surface area contributed by atoms with Gasteiger partial charge in [0.15, 0.2) is 0 Å². The zero-order valence-corrected chi connectivity index (χ0v) is 15.0. The molecule has 1 aromatic rings. The first-order valence-corrected chi connectivity index (χ1v) is 8.43. The third-order valence-corrected chi connectivity index (χ3v) is 4.85. The number of hydrogen-bond acceptors (Lipinski definition) is 4. The highest BCUT2D eigenvalue weighted by Crippen LogP contribution is 2.29. The topological polar surface area (TPSA) is 75.5 Å². The minimum absolute atomic E-state index is 0. The SMILES string of the molecule is Cc1cc(F)cc(C(=O)N2CCC(NCC3CC3)CC2)c1[N+](=O)[O-].Cl. The summed E-state index contributed by atoms with van der Waals surface area (Å²) in [6.45, 7) is 3.56. The predicted molar refractivity (Wildman–Crippen MR) is 94.7 cm³/mol. The third kappa shape index (κ3) is 4.67. The molecule has 25 heavy (non-hydrogen) atoms. The lowest BCUT2D eigenvalue weighted by molar-refractivity contribution is -0.385. The van der Waals surface area contributed by atoms with Crippen molar-refractivity contribution < 1.29 is 14.1 Å². The van der Waals surface area contributed by atoms with E-state index in [0.717, 1.165) is 37.4 Å². The van der Waals surface area contributed by atoms with E-state index in [1.165, 1.54) is 19.8 Å². The number of piperidine rings is 1. The van der Waals surface area contributed by atoms with Crippen molar-refractivity contribution in [1.82, 2.24) is 10.2 Å². The number of nitro groups is 1. The second kappa shape index (κ2) is 8.10. The summed E-state index contributed by atoms with van der Waals surface area (Å²) in [6, 6.07) is 2.45. The highest BCUT2D eigenvalue weighted by Gasteiger charge is 2.30. The lowest BCUT2D eigenvalue weighted by atomic mass is 10.0. The quantitative estimate of drug-likeness (QED) is 0.637. The molecule has 0 unspecified atom stereocenters. The molecular weight excluding hydrogens is 349 g/mol. The minimum Gasteiger partial charge on any atom is -0.338 e. The summed E-state index contributed by atoms with van der Waals surface area (Å²) < 4.78 is 13.6. The summed E-state index contributed by atoms with van der Waals surface area (Å²) in [6.07, 6.45) is 4.24. The Morgan fingerprint density at radius 1 is 1.32 bits per heavy atom. The standard InChI is InChI=1S/C17H22FN3O3.ClH/c1-11-8-13(18)9-15(16(11)21(23)24)17(22)20-6-4-14(5-7-20)19-10-12-2-3-12;/h8-9,12,14,19H,2-7,10H2,1H3;1H. The monoisotopic (exact) mass is 371 g/mol. The van der Waals surface area contributed by atoms with Crippen LogP contribution in [-0.4, -0.2) is 41.4 Å². The second-order valence-electron chi connectivity index (χ2n) is 6.79.